The fourth-order valence-electron chi connectivity index (χ4n) is 3.52. The van der Waals surface area contributed by atoms with Gasteiger partial charge in [-0.15, -0.1) is 0 Å². The first kappa shape index (κ1) is 19.7. The van der Waals surface area contributed by atoms with E-state index < -0.39 is 0 Å². The average molecular weight is 386 g/mol. The lowest BCUT2D eigenvalue weighted by Gasteiger charge is -2.36. The van der Waals surface area contributed by atoms with Crippen molar-refractivity contribution < 1.29 is 4.79 Å². The number of aryl methyl sites for hydroxylation is 1. The zero-order chi connectivity index (χ0) is 19.2. The van der Waals surface area contributed by atoms with Crippen LogP contribution in [0.15, 0.2) is 48.5 Å². The molecule has 0 unspecified atom stereocenters. The number of anilines is 1. The first-order valence-electron chi connectivity index (χ1n) is 9.64. The molecule has 1 amide bonds. The van der Waals surface area contributed by atoms with Crippen LogP contribution in [0.5, 0.6) is 0 Å². The third-order valence-corrected chi connectivity index (χ3v) is 5.48. The van der Waals surface area contributed by atoms with Crippen molar-refractivity contribution in [2.75, 3.05) is 37.6 Å². The molecule has 2 aromatic carbocycles. The molecular weight excluding hydrogens is 358 g/mol. The van der Waals surface area contributed by atoms with Gasteiger partial charge in [-0.05, 0) is 31.0 Å². The molecule has 1 aliphatic heterocycles. The van der Waals surface area contributed by atoms with Crippen LogP contribution >= 0.6 is 11.6 Å². The largest absolute Gasteiger partial charge is 0.368 e. The Morgan fingerprint density at radius 1 is 1.07 bits per heavy atom. The van der Waals surface area contributed by atoms with Gasteiger partial charge in [0.05, 0.1) is 23.3 Å². The number of piperazine rings is 1. The van der Waals surface area contributed by atoms with E-state index in [1.54, 1.807) is 0 Å². The predicted molar refractivity (Wildman–Crippen MR) is 112 cm³/mol. The summed E-state index contributed by atoms with van der Waals surface area (Å²) in [5.41, 5.74) is 3.48. The van der Waals surface area contributed by atoms with Gasteiger partial charge in [0.2, 0.25) is 5.91 Å². The van der Waals surface area contributed by atoms with Crippen LogP contribution in [0, 0.1) is 6.92 Å². The van der Waals surface area contributed by atoms with E-state index in [9.17, 15) is 4.79 Å². The zero-order valence-electron chi connectivity index (χ0n) is 16.1. The third kappa shape index (κ3) is 5.24. The van der Waals surface area contributed by atoms with E-state index in [2.05, 4.69) is 59.3 Å². The van der Waals surface area contributed by atoms with Gasteiger partial charge >= 0.3 is 0 Å². The number of nitrogens with zero attached hydrogens (tertiary/aromatic N) is 2. The van der Waals surface area contributed by atoms with E-state index in [4.69, 9.17) is 11.6 Å². The standard InChI is InChI=1S/C22H28ClN3O/c1-3-20(18-10-8-17(2)9-11-18)24-22(27)16-25-12-14-26(15-13-25)21-7-5-4-6-19(21)23/h4-11,20H,3,12-16H2,1-2H3,(H,24,27)/t20-/m0/s1. The maximum Gasteiger partial charge on any atom is 0.234 e. The summed E-state index contributed by atoms with van der Waals surface area (Å²) in [5.74, 6) is 0.0913. The van der Waals surface area contributed by atoms with E-state index in [1.165, 1.54) is 11.1 Å². The molecule has 0 spiro atoms. The van der Waals surface area contributed by atoms with Gasteiger partial charge in [-0.2, -0.15) is 0 Å². The SMILES string of the molecule is CC[C@H](NC(=O)CN1CCN(c2ccccc2Cl)CC1)c1ccc(C)cc1. The van der Waals surface area contributed by atoms with Crippen LogP contribution in [0.25, 0.3) is 0 Å². The fourth-order valence-corrected chi connectivity index (χ4v) is 3.77. The van der Waals surface area contributed by atoms with E-state index in [0.717, 1.165) is 43.3 Å². The fraction of sp³-hybridized carbons (Fsp3) is 0.409. The van der Waals surface area contributed by atoms with Crippen LogP contribution in [-0.4, -0.2) is 43.5 Å². The summed E-state index contributed by atoms with van der Waals surface area (Å²) in [6, 6.07) is 16.4. The van der Waals surface area contributed by atoms with Gasteiger partial charge in [-0.25, -0.2) is 0 Å². The summed E-state index contributed by atoms with van der Waals surface area (Å²) >= 11 is 6.30. The number of halogens is 1. The molecule has 1 fully saturated rings. The molecule has 0 radical (unpaired) electrons. The van der Waals surface area contributed by atoms with Crippen LogP contribution in [0.4, 0.5) is 5.69 Å². The second-order valence-electron chi connectivity index (χ2n) is 7.15. The van der Waals surface area contributed by atoms with Crippen molar-refractivity contribution in [1.29, 1.82) is 0 Å². The number of hydrogen-bond donors (Lipinski definition) is 1. The van der Waals surface area contributed by atoms with Crippen molar-refractivity contribution in [2.24, 2.45) is 0 Å². The molecule has 1 saturated heterocycles. The average Bonchev–Trinajstić information content (AvgIpc) is 2.68. The Morgan fingerprint density at radius 3 is 2.37 bits per heavy atom. The molecule has 27 heavy (non-hydrogen) atoms. The highest BCUT2D eigenvalue weighted by atomic mass is 35.5. The highest BCUT2D eigenvalue weighted by Crippen LogP contribution is 2.26. The summed E-state index contributed by atoms with van der Waals surface area (Å²) in [4.78, 5) is 17.0. The Labute approximate surface area is 167 Å². The molecular formula is C22H28ClN3O. The number of hydrogen-bond acceptors (Lipinski definition) is 3. The lowest BCUT2D eigenvalue weighted by molar-refractivity contribution is -0.123. The lowest BCUT2D eigenvalue weighted by atomic mass is 10.0. The van der Waals surface area contributed by atoms with Gasteiger partial charge in [0.1, 0.15) is 0 Å². The summed E-state index contributed by atoms with van der Waals surface area (Å²) in [5, 5.41) is 3.97. The van der Waals surface area contributed by atoms with Crippen molar-refractivity contribution in [3.8, 4) is 0 Å². The lowest BCUT2D eigenvalue weighted by Crippen LogP contribution is -2.49. The van der Waals surface area contributed by atoms with Gasteiger partial charge < -0.3 is 10.2 Å². The maximum atomic E-state index is 12.5. The van der Waals surface area contributed by atoms with E-state index in [-0.39, 0.29) is 11.9 Å². The van der Waals surface area contributed by atoms with Gasteiger partial charge in [-0.1, -0.05) is 60.5 Å². The van der Waals surface area contributed by atoms with Crippen LogP contribution in [0.1, 0.15) is 30.5 Å². The second-order valence-corrected chi connectivity index (χ2v) is 7.56. The summed E-state index contributed by atoms with van der Waals surface area (Å²) in [6.45, 7) is 8.11. The van der Waals surface area contributed by atoms with Crippen LogP contribution in [0.2, 0.25) is 5.02 Å². The van der Waals surface area contributed by atoms with Crippen molar-refractivity contribution in [3.05, 3.63) is 64.7 Å². The van der Waals surface area contributed by atoms with Crippen LogP contribution in [0.3, 0.4) is 0 Å². The van der Waals surface area contributed by atoms with Crippen molar-refractivity contribution in [1.82, 2.24) is 10.2 Å². The molecule has 3 rings (SSSR count). The number of carbonyl (C=O) groups excluding carboxylic acids is 1. The molecule has 1 heterocycles. The minimum absolute atomic E-state index is 0.0718. The Kier molecular flexibility index (Phi) is 6.75. The number of benzene rings is 2. The number of amides is 1. The molecule has 0 bridgehead atoms. The minimum Gasteiger partial charge on any atom is -0.368 e. The Morgan fingerprint density at radius 2 is 1.74 bits per heavy atom. The monoisotopic (exact) mass is 385 g/mol. The van der Waals surface area contributed by atoms with Gasteiger partial charge in [-0.3, -0.25) is 9.69 Å². The van der Waals surface area contributed by atoms with Crippen molar-refractivity contribution >= 4 is 23.2 Å². The van der Waals surface area contributed by atoms with Crippen LogP contribution < -0.4 is 10.2 Å². The smallest absolute Gasteiger partial charge is 0.234 e. The van der Waals surface area contributed by atoms with E-state index in [0.29, 0.717) is 6.54 Å². The predicted octanol–water partition coefficient (Wildman–Crippen LogP) is 4.04. The molecule has 1 N–H and O–H groups in total. The second kappa shape index (κ2) is 9.25. The number of carbonyl (C=O) groups is 1. The normalized spacial score (nSPS) is 16.2. The van der Waals surface area contributed by atoms with Crippen LogP contribution in [-0.2, 0) is 4.79 Å². The molecule has 0 aliphatic carbocycles. The first-order valence-corrected chi connectivity index (χ1v) is 10.0. The summed E-state index contributed by atoms with van der Waals surface area (Å²) < 4.78 is 0. The summed E-state index contributed by atoms with van der Waals surface area (Å²) in [7, 11) is 0. The molecule has 5 heteroatoms. The zero-order valence-corrected chi connectivity index (χ0v) is 16.9. The molecule has 0 aromatic heterocycles. The molecule has 2 aromatic rings. The number of para-hydroxylation sites is 1. The highest BCUT2D eigenvalue weighted by Gasteiger charge is 2.21. The van der Waals surface area contributed by atoms with Gasteiger partial charge in [0, 0.05) is 26.2 Å². The molecule has 144 valence electrons. The molecule has 1 atom stereocenters. The Hall–Kier alpha value is -2.04. The first-order chi connectivity index (χ1) is 13.1. The Balaban J connectivity index is 1.50. The van der Waals surface area contributed by atoms with Crippen molar-refractivity contribution in [3.63, 3.8) is 0 Å². The third-order valence-electron chi connectivity index (χ3n) is 5.16. The topological polar surface area (TPSA) is 35.6 Å². The summed E-state index contributed by atoms with van der Waals surface area (Å²) in [6.07, 6.45) is 0.884. The minimum atomic E-state index is 0.0718. The van der Waals surface area contributed by atoms with E-state index in [1.807, 2.05) is 18.2 Å². The molecule has 0 saturated carbocycles. The Bertz CT molecular complexity index is 754. The van der Waals surface area contributed by atoms with Crippen molar-refractivity contribution in [2.45, 2.75) is 26.3 Å². The molecule has 4 nitrogen and oxygen atoms in total. The van der Waals surface area contributed by atoms with Gasteiger partial charge in [0.15, 0.2) is 0 Å². The quantitative estimate of drug-likeness (QED) is 0.815. The highest BCUT2D eigenvalue weighted by molar-refractivity contribution is 6.33. The number of rotatable bonds is 6. The maximum absolute atomic E-state index is 12.5. The van der Waals surface area contributed by atoms with Gasteiger partial charge in [0.25, 0.3) is 0 Å². The number of nitrogens with one attached hydrogen (secondary N) is 1. The molecule has 1 aliphatic rings. The van der Waals surface area contributed by atoms with E-state index >= 15 is 0 Å².